The highest BCUT2D eigenvalue weighted by atomic mass is 16.5. The molecule has 0 bridgehead atoms. The van der Waals surface area contributed by atoms with Crippen molar-refractivity contribution in [2.75, 3.05) is 13.7 Å². The zero-order valence-corrected chi connectivity index (χ0v) is 11.8. The zero-order chi connectivity index (χ0) is 14.5. The summed E-state index contributed by atoms with van der Waals surface area (Å²) in [5, 5.41) is 5.65. The smallest absolute Gasteiger partial charge is 0.315 e. The van der Waals surface area contributed by atoms with Gasteiger partial charge in [-0.05, 0) is 24.0 Å². The van der Waals surface area contributed by atoms with Crippen LogP contribution in [0, 0.1) is 5.92 Å². The molecule has 0 aromatic heterocycles. The Morgan fingerprint density at radius 2 is 2.15 bits per heavy atom. The molecule has 1 aromatic rings. The largest absolute Gasteiger partial charge is 0.469 e. The molecule has 0 radical (unpaired) electrons. The third-order valence-corrected chi connectivity index (χ3v) is 3.61. The topological polar surface area (TPSA) is 67.4 Å². The van der Waals surface area contributed by atoms with Crippen LogP contribution in [0.4, 0.5) is 4.79 Å². The molecule has 1 aliphatic carbocycles. The molecule has 5 nitrogen and oxygen atoms in total. The molecule has 0 fully saturated rings. The first-order valence-corrected chi connectivity index (χ1v) is 6.81. The van der Waals surface area contributed by atoms with E-state index in [1.165, 1.54) is 18.2 Å². The second kappa shape index (κ2) is 6.41. The molecule has 1 aliphatic rings. The van der Waals surface area contributed by atoms with Gasteiger partial charge in [-0.25, -0.2) is 4.79 Å². The quantitative estimate of drug-likeness (QED) is 0.824. The third-order valence-electron chi connectivity index (χ3n) is 3.61. The highest BCUT2D eigenvalue weighted by molar-refractivity contribution is 5.76. The van der Waals surface area contributed by atoms with E-state index in [9.17, 15) is 9.59 Å². The molecule has 2 rings (SSSR count). The number of aryl methyl sites for hydroxylation is 1. The fourth-order valence-corrected chi connectivity index (χ4v) is 2.45. The number of hydrogen-bond acceptors (Lipinski definition) is 3. The first-order valence-electron chi connectivity index (χ1n) is 6.81. The molecule has 0 aliphatic heterocycles. The molecule has 0 saturated carbocycles. The Hall–Kier alpha value is -2.04. The highest BCUT2D eigenvalue weighted by Gasteiger charge is 2.23. The maximum absolute atomic E-state index is 11.8. The molecule has 2 N–H and O–H groups in total. The summed E-state index contributed by atoms with van der Waals surface area (Å²) in [6, 6.07) is 7.94. The van der Waals surface area contributed by atoms with Gasteiger partial charge in [0.05, 0.1) is 19.1 Å². The van der Waals surface area contributed by atoms with Crippen LogP contribution in [0.5, 0.6) is 0 Å². The van der Waals surface area contributed by atoms with E-state index in [2.05, 4.69) is 21.4 Å². The van der Waals surface area contributed by atoms with Crippen LogP contribution in [0.1, 0.15) is 30.5 Å². The lowest BCUT2D eigenvalue weighted by molar-refractivity contribution is -0.144. The maximum Gasteiger partial charge on any atom is 0.315 e. The number of hydrogen-bond donors (Lipinski definition) is 2. The lowest BCUT2D eigenvalue weighted by Crippen LogP contribution is -2.40. The Kier molecular flexibility index (Phi) is 4.61. The van der Waals surface area contributed by atoms with E-state index in [1.807, 2.05) is 18.2 Å². The number of ether oxygens (including phenoxy) is 1. The number of fused-ring (bicyclic) bond motifs is 1. The van der Waals surface area contributed by atoms with Crippen molar-refractivity contribution in [1.82, 2.24) is 10.6 Å². The Labute approximate surface area is 118 Å². The van der Waals surface area contributed by atoms with Gasteiger partial charge in [0.25, 0.3) is 0 Å². The number of carbonyl (C=O) groups is 2. The first-order chi connectivity index (χ1) is 9.61. The van der Waals surface area contributed by atoms with E-state index in [4.69, 9.17) is 0 Å². The Morgan fingerprint density at radius 3 is 2.90 bits per heavy atom. The zero-order valence-electron chi connectivity index (χ0n) is 11.8. The summed E-state index contributed by atoms with van der Waals surface area (Å²) in [6.45, 7) is 1.99. The molecule has 0 heterocycles. The van der Waals surface area contributed by atoms with Crippen molar-refractivity contribution >= 4 is 12.0 Å². The van der Waals surface area contributed by atoms with Crippen LogP contribution >= 0.6 is 0 Å². The van der Waals surface area contributed by atoms with Gasteiger partial charge in [-0.3, -0.25) is 4.79 Å². The third kappa shape index (κ3) is 3.29. The van der Waals surface area contributed by atoms with Gasteiger partial charge < -0.3 is 15.4 Å². The SMILES string of the molecule is COC(=O)[C@@H](C)CNC(=O)N[C@H]1CCc2ccccc21. The van der Waals surface area contributed by atoms with Crippen LogP contribution in [0.3, 0.4) is 0 Å². The molecule has 20 heavy (non-hydrogen) atoms. The number of carbonyl (C=O) groups excluding carboxylic acids is 2. The molecule has 0 spiro atoms. The van der Waals surface area contributed by atoms with E-state index in [-0.39, 0.29) is 30.5 Å². The average Bonchev–Trinajstić information content (AvgIpc) is 2.87. The van der Waals surface area contributed by atoms with E-state index >= 15 is 0 Å². The van der Waals surface area contributed by atoms with Crippen LogP contribution in [0.2, 0.25) is 0 Å². The summed E-state index contributed by atoms with van der Waals surface area (Å²) < 4.78 is 4.61. The van der Waals surface area contributed by atoms with E-state index in [0.29, 0.717) is 0 Å². The standard InChI is InChI=1S/C15H20N2O3/c1-10(14(18)20-2)9-16-15(19)17-13-8-7-11-5-3-4-6-12(11)13/h3-6,10,13H,7-9H2,1-2H3,(H2,16,17,19)/t10-,13-/m0/s1. The first kappa shape index (κ1) is 14.4. The Bertz CT molecular complexity index is 502. The molecule has 5 heteroatoms. The van der Waals surface area contributed by atoms with Gasteiger partial charge in [0, 0.05) is 6.54 Å². The number of benzene rings is 1. The minimum absolute atomic E-state index is 0.0552. The molecule has 2 amide bonds. The van der Waals surface area contributed by atoms with Gasteiger partial charge in [-0.2, -0.15) is 0 Å². The van der Waals surface area contributed by atoms with Crippen LogP contribution in [-0.2, 0) is 16.0 Å². The number of esters is 1. The molecular weight excluding hydrogens is 256 g/mol. The Balaban J connectivity index is 1.83. The summed E-state index contributed by atoms with van der Waals surface area (Å²) >= 11 is 0. The van der Waals surface area contributed by atoms with Gasteiger partial charge in [-0.1, -0.05) is 31.2 Å². The predicted molar refractivity (Wildman–Crippen MR) is 75.2 cm³/mol. The predicted octanol–water partition coefficient (Wildman–Crippen LogP) is 1.78. The number of rotatable bonds is 4. The lowest BCUT2D eigenvalue weighted by atomic mass is 10.1. The average molecular weight is 276 g/mol. The maximum atomic E-state index is 11.8. The molecule has 108 valence electrons. The van der Waals surface area contributed by atoms with E-state index < -0.39 is 0 Å². The fourth-order valence-electron chi connectivity index (χ4n) is 2.45. The van der Waals surface area contributed by atoms with Gasteiger partial charge in [0.1, 0.15) is 0 Å². The van der Waals surface area contributed by atoms with Crippen LogP contribution < -0.4 is 10.6 Å². The van der Waals surface area contributed by atoms with Crippen molar-refractivity contribution in [3.63, 3.8) is 0 Å². The van der Waals surface area contributed by atoms with E-state index in [0.717, 1.165) is 12.8 Å². The summed E-state index contributed by atoms with van der Waals surface area (Å²) in [6.07, 6.45) is 1.90. The van der Waals surface area contributed by atoms with Crippen LogP contribution in [0.15, 0.2) is 24.3 Å². The van der Waals surface area contributed by atoms with Crippen molar-refractivity contribution in [2.45, 2.75) is 25.8 Å². The fraction of sp³-hybridized carbons (Fsp3) is 0.467. The van der Waals surface area contributed by atoms with Crippen LogP contribution in [-0.4, -0.2) is 25.7 Å². The monoisotopic (exact) mass is 276 g/mol. The number of nitrogens with one attached hydrogen (secondary N) is 2. The van der Waals surface area contributed by atoms with Crippen molar-refractivity contribution in [2.24, 2.45) is 5.92 Å². The number of amides is 2. The molecule has 2 atom stereocenters. The van der Waals surface area contributed by atoms with Crippen molar-refractivity contribution in [3.8, 4) is 0 Å². The Morgan fingerprint density at radius 1 is 1.40 bits per heavy atom. The molecule has 1 aromatic carbocycles. The summed E-state index contributed by atoms with van der Waals surface area (Å²) in [4.78, 5) is 23.1. The van der Waals surface area contributed by atoms with Gasteiger partial charge in [0.2, 0.25) is 0 Å². The summed E-state index contributed by atoms with van der Waals surface area (Å²) in [7, 11) is 1.34. The van der Waals surface area contributed by atoms with Crippen molar-refractivity contribution < 1.29 is 14.3 Å². The minimum atomic E-state index is -0.346. The van der Waals surface area contributed by atoms with Crippen molar-refractivity contribution in [1.29, 1.82) is 0 Å². The van der Waals surface area contributed by atoms with Crippen LogP contribution in [0.25, 0.3) is 0 Å². The van der Waals surface area contributed by atoms with E-state index in [1.54, 1.807) is 6.92 Å². The second-order valence-electron chi connectivity index (χ2n) is 5.07. The summed E-state index contributed by atoms with van der Waals surface area (Å²) in [5.74, 6) is -0.668. The summed E-state index contributed by atoms with van der Waals surface area (Å²) in [5.41, 5.74) is 2.48. The lowest BCUT2D eigenvalue weighted by Gasteiger charge is -2.16. The number of urea groups is 1. The molecular formula is C15H20N2O3. The van der Waals surface area contributed by atoms with Gasteiger partial charge >= 0.3 is 12.0 Å². The van der Waals surface area contributed by atoms with Crippen molar-refractivity contribution in [3.05, 3.63) is 35.4 Å². The van der Waals surface area contributed by atoms with Gasteiger partial charge in [0.15, 0.2) is 0 Å². The normalized spacial score (nSPS) is 18.0. The number of methoxy groups -OCH3 is 1. The minimum Gasteiger partial charge on any atom is -0.469 e. The molecule has 0 saturated heterocycles. The second-order valence-corrected chi connectivity index (χ2v) is 5.07. The highest BCUT2D eigenvalue weighted by Crippen LogP contribution is 2.30. The van der Waals surface area contributed by atoms with Gasteiger partial charge in [-0.15, -0.1) is 0 Å². The molecule has 0 unspecified atom stereocenters.